The van der Waals surface area contributed by atoms with Gasteiger partial charge in [0, 0.05) is 6.54 Å². The third kappa shape index (κ3) is 3.27. The second kappa shape index (κ2) is 6.76. The Morgan fingerprint density at radius 1 is 1.38 bits per heavy atom. The van der Waals surface area contributed by atoms with E-state index in [1.54, 1.807) is 0 Å². The van der Waals surface area contributed by atoms with E-state index < -0.39 is 0 Å². The molecule has 1 atom stereocenters. The second-order valence-electron chi connectivity index (χ2n) is 5.49. The van der Waals surface area contributed by atoms with Crippen molar-refractivity contribution in [1.82, 2.24) is 14.9 Å². The standard InChI is InChI=1S/C17H23N3O/c1-2-10-18-15(17-9-5-6-11-21-17)12-20-13-19-14-7-3-4-8-16(14)20/h3-4,7-9,13,15,18H,2,5-6,10-12H2,1H3. The Morgan fingerprint density at radius 2 is 2.29 bits per heavy atom. The quantitative estimate of drug-likeness (QED) is 0.886. The summed E-state index contributed by atoms with van der Waals surface area (Å²) in [4.78, 5) is 4.47. The largest absolute Gasteiger partial charge is 0.497 e. The van der Waals surface area contributed by atoms with Gasteiger partial charge in [-0.05, 0) is 44.0 Å². The first kappa shape index (κ1) is 14.1. The molecule has 4 nitrogen and oxygen atoms in total. The monoisotopic (exact) mass is 285 g/mol. The van der Waals surface area contributed by atoms with E-state index in [-0.39, 0.29) is 6.04 Å². The van der Waals surface area contributed by atoms with Crippen LogP contribution >= 0.6 is 0 Å². The van der Waals surface area contributed by atoms with Gasteiger partial charge in [0.2, 0.25) is 0 Å². The minimum absolute atomic E-state index is 0.225. The molecule has 1 aromatic heterocycles. The third-order valence-corrected chi connectivity index (χ3v) is 3.85. The zero-order valence-corrected chi connectivity index (χ0v) is 12.6. The number of fused-ring (bicyclic) bond motifs is 1. The van der Waals surface area contributed by atoms with Crippen molar-refractivity contribution in [3.05, 3.63) is 42.4 Å². The summed E-state index contributed by atoms with van der Waals surface area (Å²) in [5, 5.41) is 3.60. The lowest BCUT2D eigenvalue weighted by Crippen LogP contribution is -2.37. The summed E-state index contributed by atoms with van der Waals surface area (Å²) in [6.07, 6.45) is 7.52. The maximum absolute atomic E-state index is 5.86. The molecule has 0 radical (unpaired) electrons. The molecule has 0 saturated heterocycles. The first-order valence-corrected chi connectivity index (χ1v) is 7.84. The van der Waals surface area contributed by atoms with Crippen molar-refractivity contribution < 1.29 is 4.74 Å². The number of allylic oxidation sites excluding steroid dienone is 1. The highest BCUT2D eigenvalue weighted by molar-refractivity contribution is 5.74. The van der Waals surface area contributed by atoms with E-state index >= 15 is 0 Å². The van der Waals surface area contributed by atoms with Crippen LogP contribution in [0.15, 0.2) is 42.4 Å². The summed E-state index contributed by atoms with van der Waals surface area (Å²) in [5.41, 5.74) is 2.22. The van der Waals surface area contributed by atoms with Gasteiger partial charge in [0.1, 0.15) is 5.76 Å². The average molecular weight is 285 g/mol. The Balaban J connectivity index is 1.81. The van der Waals surface area contributed by atoms with Gasteiger partial charge in [-0.25, -0.2) is 4.98 Å². The molecular weight excluding hydrogens is 262 g/mol. The molecule has 2 heterocycles. The van der Waals surface area contributed by atoms with Crippen LogP contribution < -0.4 is 5.32 Å². The van der Waals surface area contributed by atoms with E-state index in [1.165, 1.54) is 5.52 Å². The highest BCUT2D eigenvalue weighted by Crippen LogP contribution is 2.18. The van der Waals surface area contributed by atoms with Crippen LogP contribution in [0.2, 0.25) is 0 Å². The lowest BCUT2D eigenvalue weighted by molar-refractivity contribution is 0.163. The molecule has 1 N–H and O–H groups in total. The summed E-state index contributed by atoms with van der Waals surface area (Å²) in [5.74, 6) is 1.09. The number of benzene rings is 1. The van der Waals surface area contributed by atoms with Crippen LogP contribution in [0.1, 0.15) is 26.2 Å². The minimum atomic E-state index is 0.225. The number of hydrogen-bond acceptors (Lipinski definition) is 3. The van der Waals surface area contributed by atoms with Gasteiger partial charge in [0.05, 0.1) is 30.0 Å². The molecular formula is C17H23N3O. The van der Waals surface area contributed by atoms with E-state index in [0.717, 1.165) is 50.2 Å². The summed E-state index contributed by atoms with van der Waals surface area (Å²) >= 11 is 0. The van der Waals surface area contributed by atoms with Crippen LogP contribution in [0, 0.1) is 0 Å². The van der Waals surface area contributed by atoms with Gasteiger partial charge < -0.3 is 14.6 Å². The molecule has 0 aliphatic carbocycles. The highest BCUT2D eigenvalue weighted by Gasteiger charge is 2.18. The van der Waals surface area contributed by atoms with Crippen molar-refractivity contribution in [2.45, 2.75) is 38.8 Å². The summed E-state index contributed by atoms with van der Waals surface area (Å²) in [6, 6.07) is 8.49. The number of imidazole rings is 1. The van der Waals surface area contributed by atoms with Gasteiger partial charge in [-0.1, -0.05) is 19.1 Å². The topological polar surface area (TPSA) is 39.1 Å². The molecule has 1 aliphatic heterocycles. The number of para-hydroxylation sites is 2. The Kier molecular flexibility index (Phi) is 4.55. The fourth-order valence-electron chi connectivity index (χ4n) is 2.75. The van der Waals surface area contributed by atoms with E-state index in [2.05, 4.69) is 46.1 Å². The van der Waals surface area contributed by atoms with Crippen molar-refractivity contribution in [3.63, 3.8) is 0 Å². The van der Waals surface area contributed by atoms with Gasteiger partial charge in [0.15, 0.2) is 0 Å². The summed E-state index contributed by atoms with van der Waals surface area (Å²) in [6.45, 7) is 4.87. The maximum Gasteiger partial charge on any atom is 0.111 e. The maximum atomic E-state index is 5.86. The number of nitrogens with zero attached hydrogens (tertiary/aromatic N) is 2. The Bertz CT molecular complexity index is 617. The Hall–Kier alpha value is -1.81. The second-order valence-corrected chi connectivity index (χ2v) is 5.49. The predicted octanol–water partition coefficient (Wildman–Crippen LogP) is 3.10. The van der Waals surface area contributed by atoms with E-state index in [0.29, 0.717) is 0 Å². The van der Waals surface area contributed by atoms with Gasteiger partial charge >= 0.3 is 0 Å². The fourth-order valence-corrected chi connectivity index (χ4v) is 2.75. The lowest BCUT2D eigenvalue weighted by Gasteiger charge is -2.25. The number of rotatable bonds is 6. The molecule has 0 bridgehead atoms. The van der Waals surface area contributed by atoms with Crippen LogP contribution in [-0.4, -0.2) is 28.7 Å². The van der Waals surface area contributed by atoms with Crippen LogP contribution in [-0.2, 0) is 11.3 Å². The normalized spacial score (nSPS) is 16.5. The molecule has 0 spiro atoms. The Labute approximate surface area is 125 Å². The molecule has 1 aromatic carbocycles. The van der Waals surface area contributed by atoms with Crippen LogP contribution in [0.3, 0.4) is 0 Å². The molecule has 21 heavy (non-hydrogen) atoms. The predicted molar refractivity (Wildman–Crippen MR) is 85.1 cm³/mol. The fraction of sp³-hybridized carbons (Fsp3) is 0.471. The van der Waals surface area contributed by atoms with E-state index in [4.69, 9.17) is 4.74 Å². The van der Waals surface area contributed by atoms with Crippen molar-refractivity contribution >= 4 is 11.0 Å². The first-order valence-electron chi connectivity index (χ1n) is 7.84. The molecule has 4 heteroatoms. The van der Waals surface area contributed by atoms with Crippen molar-refractivity contribution in [2.75, 3.05) is 13.2 Å². The molecule has 2 aromatic rings. The van der Waals surface area contributed by atoms with Crippen molar-refractivity contribution in [1.29, 1.82) is 0 Å². The Morgan fingerprint density at radius 3 is 3.10 bits per heavy atom. The highest BCUT2D eigenvalue weighted by atomic mass is 16.5. The van der Waals surface area contributed by atoms with Crippen molar-refractivity contribution in [3.8, 4) is 0 Å². The van der Waals surface area contributed by atoms with Crippen LogP contribution in [0.5, 0.6) is 0 Å². The third-order valence-electron chi connectivity index (χ3n) is 3.85. The van der Waals surface area contributed by atoms with E-state index in [9.17, 15) is 0 Å². The summed E-state index contributed by atoms with van der Waals surface area (Å²) < 4.78 is 8.07. The number of ether oxygens (including phenoxy) is 1. The van der Waals surface area contributed by atoms with Gasteiger partial charge in [-0.2, -0.15) is 0 Å². The van der Waals surface area contributed by atoms with Crippen LogP contribution in [0.4, 0.5) is 0 Å². The smallest absolute Gasteiger partial charge is 0.111 e. The molecule has 1 unspecified atom stereocenters. The zero-order chi connectivity index (χ0) is 14.5. The molecule has 1 aliphatic rings. The molecule has 3 rings (SSSR count). The summed E-state index contributed by atoms with van der Waals surface area (Å²) in [7, 11) is 0. The molecule has 112 valence electrons. The lowest BCUT2D eigenvalue weighted by atomic mass is 10.1. The SMILES string of the molecule is CCCNC(Cn1cnc2ccccc21)C1=CCCCO1. The number of nitrogens with one attached hydrogen (secondary N) is 1. The number of hydrogen-bond donors (Lipinski definition) is 1. The van der Waals surface area contributed by atoms with Gasteiger partial charge in [-0.3, -0.25) is 0 Å². The molecule has 0 fully saturated rings. The van der Waals surface area contributed by atoms with E-state index in [1.807, 2.05) is 12.4 Å². The zero-order valence-electron chi connectivity index (χ0n) is 12.6. The van der Waals surface area contributed by atoms with Gasteiger partial charge in [-0.15, -0.1) is 0 Å². The minimum Gasteiger partial charge on any atom is -0.497 e. The van der Waals surface area contributed by atoms with Crippen LogP contribution in [0.25, 0.3) is 11.0 Å². The molecule has 0 saturated carbocycles. The van der Waals surface area contributed by atoms with Gasteiger partial charge in [0.25, 0.3) is 0 Å². The first-order chi connectivity index (χ1) is 10.4. The average Bonchev–Trinajstić information content (AvgIpc) is 2.95. The number of aromatic nitrogens is 2. The molecule has 0 amide bonds. The van der Waals surface area contributed by atoms with Crippen molar-refractivity contribution in [2.24, 2.45) is 0 Å².